The molecule has 0 saturated carbocycles. The summed E-state index contributed by atoms with van der Waals surface area (Å²) >= 11 is 6.87. The second-order valence-corrected chi connectivity index (χ2v) is 10.9. The molecular formula is C32H31ClF2N6O2. The first-order valence-electron chi connectivity index (χ1n) is 13.8. The van der Waals surface area contributed by atoms with Crippen molar-refractivity contribution in [2.75, 3.05) is 37.9 Å². The molecule has 222 valence electrons. The summed E-state index contributed by atoms with van der Waals surface area (Å²) in [4.78, 5) is 43.9. The smallest absolute Gasteiger partial charge is 0.246 e. The molecule has 1 saturated heterocycles. The molecule has 0 bridgehead atoms. The highest BCUT2D eigenvalue weighted by Crippen LogP contribution is 2.44. The molecule has 2 aliphatic rings. The van der Waals surface area contributed by atoms with Crippen molar-refractivity contribution in [3.05, 3.63) is 95.1 Å². The van der Waals surface area contributed by atoms with E-state index in [1.54, 1.807) is 46.2 Å². The van der Waals surface area contributed by atoms with Gasteiger partial charge in [-0.25, -0.2) is 9.98 Å². The first kappa shape index (κ1) is 30.0. The molecule has 0 spiro atoms. The maximum atomic E-state index is 14.0. The summed E-state index contributed by atoms with van der Waals surface area (Å²) in [7, 11) is 0. The van der Waals surface area contributed by atoms with Gasteiger partial charge in [0.1, 0.15) is 25.0 Å². The van der Waals surface area contributed by atoms with Crippen LogP contribution in [0.2, 0.25) is 5.02 Å². The van der Waals surface area contributed by atoms with Crippen molar-refractivity contribution < 1.29 is 18.4 Å². The predicted molar refractivity (Wildman–Crippen MR) is 164 cm³/mol. The number of aryl methyl sites for hydroxylation is 1. The number of amides is 1. The number of hydrogen-bond donors (Lipinski definition) is 0. The molecule has 0 unspecified atom stereocenters. The molecule has 0 aliphatic carbocycles. The first-order valence-corrected chi connectivity index (χ1v) is 14.2. The third-order valence-corrected chi connectivity index (χ3v) is 8.06. The number of anilines is 2. The summed E-state index contributed by atoms with van der Waals surface area (Å²) in [5, 5.41) is 0.287. The Morgan fingerprint density at radius 2 is 1.93 bits per heavy atom. The lowest BCUT2D eigenvalue weighted by Gasteiger charge is -2.43. The number of aliphatic imine (C=N–C) groups is 1. The van der Waals surface area contributed by atoms with Crippen LogP contribution in [-0.4, -0.2) is 76.8 Å². The highest BCUT2D eigenvalue weighted by molar-refractivity contribution is 6.34. The lowest BCUT2D eigenvalue weighted by Crippen LogP contribution is -2.56. The van der Waals surface area contributed by atoms with E-state index in [0.717, 1.165) is 6.29 Å². The third-order valence-electron chi connectivity index (χ3n) is 7.77. The number of aldehydes is 1. The first-order chi connectivity index (χ1) is 20.7. The van der Waals surface area contributed by atoms with E-state index in [1.165, 1.54) is 12.3 Å². The Balaban J connectivity index is 1.73. The number of hydrogen-bond acceptors (Lipinski definition) is 7. The number of halogens is 3. The predicted octanol–water partition coefficient (Wildman–Crippen LogP) is 6.03. The quantitative estimate of drug-likeness (QED) is 0.242. The lowest BCUT2D eigenvalue weighted by atomic mass is 9.99. The van der Waals surface area contributed by atoms with Gasteiger partial charge in [-0.1, -0.05) is 49.0 Å². The van der Waals surface area contributed by atoms with Crippen LogP contribution in [0.1, 0.15) is 40.0 Å². The van der Waals surface area contributed by atoms with Crippen LogP contribution in [0, 0.1) is 6.92 Å². The summed E-state index contributed by atoms with van der Waals surface area (Å²) < 4.78 is 28.1. The van der Waals surface area contributed by atoms with Gasteiger partial charge in [-0.2, -0.15) is 0 Å². The van der Waals surface area contributed by atoms with Gasteiger partial charge in [-0.15, -0.1) is 0 Å². The number of alkyl halides is 2. The highest BCUT2D eigenvalue weighted by Gasteiger charge is 2.37. The van der Waals surface area contributed by atoms with Crippen LogP contribution in [0.3, 0.4) is 0 Å². The second-order valence-electron chi connectivity index (χ2n) is 10.5. The van der Waals surface area contributed by atoms with Crippen LogP contribution in [0.25, 0.3) is 11.3 Å². The van der Waals surface area contributed by atoms with Gasteiger partial charge < -0.3 is 9.80 Å². The molecular weight excluding hydrogens is 574 g/mol. The number of carbonyl (C=O) groups excluding carboxylic acids is 2. The van der Waals surface area contributed by atoms with Crippen molar-refractivity contribution in [1.82, 2.24) is 19.8 Å². The van der Waals surface area contributed by atoms with Gasteiger partial charge in [0.15, 0.2) is 12.1 Å². The van der Waals surface area contributed by atoms with E-state index < -0.39 is 19.3 Å². The Kier molecular flexibility index (Phi) is 8.68. The van der Waals surface area contributed by atoms with E-state index in [-0.39, 0.29) is 28.5 Å². The van der Waals surface area contributed by atoms with Crippen LogP contribution in [-0.2, 0) is 4.79 Å². The molecule has 43 heavy (non-hydrogen) atoms. The molecule has 0 radical (unpaired) electrons. The average molecular weight is 605 g/mol. The summed E-state index contributed by atoms with van der Waals surface area (Å²) in [6.45, 7) is 11.1. The Hall–Kier alpha value is -4.44. The number of pyridine rings is 2. The minimum absolute atomic E-state index is 0.129. The van der Waals surface area contributed by atoms with E-state index in [1.807, 2.05) is 13.8 Å². The van der Waals surface area contributed by atoms with Crippen LogP contribution in [0.5, 0.6) is 0 Å². The number of fused-ring (bicyclic) bond motifs is 1. The third kappa shape index (κ3) is 5.43. The van der Waals surface area contributed by atoms with Gasteiger partial charge in [0, 0.05) is 43.0 Å². The van der Waals surface area contributed by atoms with Crippen molar-refractivity contribution in [2.24, 2.45) is 4.99 Å². The molecule has 8 nitrogen and oxygen atoms in total. The SMILES string of the molecule is C=CC(=O)N1CCN(C2=NC(=C)N(c3c(C)ccnc3C(CF)CF)c3nc(-c4ccccc4C=O)c(Cl)cc32)[C@@H](C)C1. The van der Waals surface area contributed by atoms with E-state index in [0.29, 0.717) is 64.9 Å². The summed E-state index contributed by atoms with van der Waals surface area (Å²) in [5.41, 5.74) is 3.18. The van der Waals surface area contributed by atoms with Crippen LogP contribution >= 0.6 is 11.6 Å². The largest absolute Gasteiger partial charge is 0.350 e. The fraction of sp³-hybridized carbons (Fsp3) is 0.281. The zero-order chi connectivity index (χ0) is 30.8. The zero-order valence-corrected chi connectivity index (χ0v) is 24.7. The standard InChI is InChI=1S/C32H31ClF2N6O2/c1-5-27(43)39-12-13-40(20(3)17-39)31-25-14-26(33)29(24-9-7-6-8-22(24)18-42)38-32(25)41(21(4)37-31)30-19(2)10-11-36-28(30)23(15-34)16-35/h5-11,14,18,20,23H,1,4,12-13,15-17H2,2-3H3/t20-/m0/s1. The molecule has 0 N–H and O–H groups in total. The van der Waals surface area contributed by atoms with E-state index in [2.05, 4.69) is 23.0 Å². The van der Waals surface area contributed by atoms with Crippen molar-refractivity contribution in [2.45, 2.75) is 25.8 Å². The molecule has 3 aromatic rings. The minimum atomic E-state index is -1.10. The number of rotatable bonds is 7. The van der Waals surface area contributed by atoms with E-state index >= 15 is 0 Å². The average Bonchev–Trinajstić information content (AvgIpc) is 3.01. The monoisotopic (exact) mass is 604 g/mol. The Morgan fingerprint density at radius 3 is 2.60 bits per heavy atom. The Morgan fingerprint density at radius 1 is 1.19 bits per heavy atom. The molecule has 5 rings (SSSR count). The van der Waals surface area contributed by atoms with Gasteiger partial charge in [-0.05, 0) is 37.6 Å². The maximum absolute atomic E-state index is 14.0. The van der Waals surface area contributed by atoms with Crippen LogP contribution in [0.4, 0.5) is 20.3 Å². The van der Waals surface area contributed by atoms with Crippen LogP contribution in [0.15, 0.2) is 72.6 Å². The Labute approximate surface area is 254 Å². The van der Waals surface area contributed by atoms with E-state index in [4.69, 9.17) is 21.6 Å². The van der Waals surface area contributed by atoms with Gasteiger partial charge in [0.05, 0.1) is 33.6 Å². The molecule has 4 heterocycles. The Bertz CT molecular complexity index is 1640. The number of benzene rings is 1. The summed E-state index contributed by atoms with van der Waals surface area (Å²) in [6, 6.07) is 10.3. The molecule has 2 aromatic heterocycles. The van der Waals surface area contributed by atoms with Gasteiger partial charge in [0.25, 0.3) is 0 Å². The lowest BCUT2D eigenvalue weighted by molar-refractivity contribution is -0.128. The number of amidine groups is 1. The van der Waals surface area contributed by atoms with Crippen molar-refractivity contribution in [1.29, 1.82) is 0 Å². The summed E-state index contributed by atoms with van der Waals surface area (Å²) in [5.74, 6) is -0.0614. The van der Waals surface area contributed by atoms with Gasteiger partial charge in [0.2, 0.25) is 5.91 Å². The minimum Gasteiger partial charge on any atom is -0.350 e. The number of nitrogens with zero attached hydrogens (tertiary/aromatic N) is 6. The highest BCUT2D eigenvalue weighted by atomic mass is 35.5. The molecule has 1 aromatic carbocycles. The van der Waals surface area contributed by atoms with Crippen molar-refractivity contribution in [3.63, 3.8) is 0 Å². The normalized spacial score (nSPS) is 16.7. The fourth-order valence-electron chi connectivity index (χ4n) is 5.58. The molecule has 11 heteroatoms. The number of carbonyl (C=O) groups is 2. The van der Waals surface area contributed by atoms with Crippen molar-refractivity contribution in [3.8, 4) is 11.3 Å². The maximum Gasteiger partial charge on any atom is 0.246 e. The van der Waals surface area contributed by atoms with E-state index in [9.17, 15) is 18.4 Å². The molecule has 1 atom stereocenters. The number of piperazine rings is 1. The topological polar surface area (TPSA) is 82.0 Å². The molecule has 2 aliphatic heterocycles. The second kappa shape index (κ2) is 12.4. The fourth-order valence-corrected chi connectivity index (χ4v) is 5.83. The molecule has 1 amide bonds. The van der Waals surface area contributed by atoms with Crippen molar-refractivity contribution >= 4 is 41.1 Å². The van der Waals surface area contributed by atoms with Gasteiger partial charge in [-0.3, -0.25) is 28.3 Å². The van der Waals surface area contributed by atoms with Gasteiger partial charge >= 0.3 is 0 Å². The molecule has 1 fully saturated rings. The zero-order valence-electron chi connectivity index (χ0n) is 23.9. The summed E-state index contributed by atoms with van der Waals surface area (Å²) in [6.07, 6.45) is 3.55. The number of aromatic nitrogens is 2. The van der Waals surface area contributed by atoms with Crippen LogP contribution < -0.4 is 4.90 Å².